The first-order valence-corrected chi connectivity index (χ1v) is 5.73. The van der Waals surface area contributed by atoms with E-state index in [1.165, 1.54) is 0 Å². The molecule has 0 aromatic heterocycles. The Kier molecular flexibility index (Phi) is 7.04. The molecule has 0 aromatic rings. The molecule has 104 valence electrons. The smallest absolute Gasteiger partial charge is 0.409 e. The van der Waals surface area contributed by atoms with Crippen LogP contribution in [0.25, 0.3) is 0 Å². The van der Waals surface area contributed by atoms with Crippen LogP contribution in [-0.2, 0) is 9.53 Å². The van der Waals surface area contributed by atoms with Gasteiger partial charge in [-0.2, -0.15) is 0 Å². The molecule has 0 aliphatic heterocycles. The van der Waals surface area contributed by atoms with Gasteiger partial charge in [0, 0.05) is 0 Å². The third-order valence-corrected chi connectivity index (χ3v) is 2.34. The minimum absolute atomic E-state index is 0.155. The third kappa shape index (κ3) is 7.67. The number of aliphatic hydroxyl groups is 1. The summed E-state index contributed by atoms with van der Waals surface area (Å²) in [6.45, 7) is 7.66. The molecule has 0 aromatic carbocycles. The lowest BCUT2D eigenvalue weighted by molar-refractivity contribution is -0.148. The fourth-order valence-electron chi connectivity index (χ4n) is 1.27. The van der Waals surface area contributed by atoms with E-state index in [9.17, 15) is 9.59 Å². The highest BCUT2D eigenvalue weighted by Gasteiger charge is 2.22. The van der Waals surface area contributed by atoms with Gasteiger partial charge < -0.3 is 14.9 Å². The van der Waals surface area contributed by atoms with Crippen molar-refractivity contribution in [3.63, 3.8) is 0 Å². The maximum atomic E-state index is 11.2. The summed E-state index contributed by atoms with van der Waals surface area (Å²) in [6, 6.07) is 0. The summed E-state index contributed by atoms with van der Waals surface area (Å²) in [5.74, 6) is -1.53. The van der Waals surface area contributed by atoms with Crippen LogP contribution in [-0.4, -0.2) is 35.1 Å². The molecule has 6 nitrogen and oxygen atoms in total. The van der Waals surface area contributed by atoms with Gasteiger partial charge in [-0.25, -0.2) is 9.59 Å². The van der Waals surface area contributed by atoms with Crippen LogP contribution in [0.5, 0.6) is 0 Å². The van der Waals surface area contributed by atoms with Crippen LogP contribution < -0.4 is 5.32 Å². The second kappa shape index (κ2) is 7.71. The van der Waals surface area contributed by atoms with Crippen molar-refractivity contribution in [1.82, 2.24) is 5.32 Å². The van der Waals surface area contributed by atoms with E-state index in [2.05, 4.69) is 6.58 Å². The number of rotatable bonds is 8. The van der Waals surface area contributed by atoms with Gasteiger partial charge in [0.05, 0.1) is 6.61 Å². The second-order valence-corrected chi connectivity index (χ2v) is 4.81. The number of alkyl carbamates (subject to hydrolysis) is 1. The average Bonchev–Trinajstić information content (AvgIpc) is 2.26. The molecule has 1 amide bonds. The predicted molar refractivity (Wildman–Crippen MR) is 66.0 cm³/mol. The lowest BCUT2D eigenvalue weighted by Gasteiger charge is -2.24. The Morgan fingerprint density at radius 3 is 2.61 bits per heavy atom. The molecule has 0 saturated heterocycles. The molecule has 3 N–H and O–H groups in total. The van der Waals surface area contributed by atoms with Gasteiger partial charge in [0.1, 0.15) is 0 Å². The molecule has 0 fully saturated rings. The van der Waals surface area contributed by atoms with Crippen molar-refractivity contribution >= 4 is 12.1 Å². The monoisotopic (exact) mass is 259 g/mol. The lowest BCUT2D eigenvalue weighted by Crippen LogP contribution is -2.41. The summed E-state index contributed by atoms with van der Waals surface area (Å²) in [5.41, 5.74) is -0.200. The number of ether oxygens (including phenoxy) is 1. The van der Waals surface area contributed by atoms with E-state index in [0.717, 1.165) is 19.3 Å². The van der Waals surface area contributed by atoms with Crippen LogP contribution in [0.2, 0.25) is 0 Å². The zero-order valence-electron chi connectivity index (χ0n) is 10.8. The van der Waals surface area contributed by atoms with Gasteiger partial charge in [0.2, 0.25) is 6.23 Å². The van der Waals surface area contributed by atoms with Crippen LogP contribution in [0.15, 0.2) is 12.7 Å². The number of carboxylic acids is 1. The molecule has 6 heteroatoms. The first-order chi connectivity index (χ1) is 8.28. The third-order valence-electron chi connectivity index (χ3n) is 2.34. The van der Waals surface area contributed by atoms with Crippen LogP contribution in [0.3, 0.4) is 0 Å². The van der Waals surface area contributed by atoms with Crippen LogP contribution in [0.4, 0.5) is 4.79 Å². The Hall–Kier alpha value is -1.56. The molecule has 0 aliphatic carbocycles. The topological polar surface area (TPSA) is 95.9 Å². The Morgan fingerprint density at radius 2 is 2.11 bits per heavy atom. The summed E-state index contributed by atoms with van der Waals surface area (Å²) in [5, 5.41) is 19.0. The summed E-state index contributed by atoms with van der Waals surface area (Å²) in [7, 11) is 0. The van der Waals surface area contributed by atoms with Crippen molar-refractivity contribution in [2.75, 3.05) is 6.61 Å². The summed E-state index contributed by atoms with van der Waals surface area (Å²) < 4.78 is 4.86. The average molecular weight is 259 g/mol. The Bertz CT molecular complexity index is 301. The zero-order valence-corrected chi connectivity index (χ0v) is 10.8. The molecule has 0 rings (SSSR count). The van der Waals surface area contributed by atoms with Gasteiger partial charge in [-0.1, -0.05) is 19.9 Å². The molecule has 0 spiro atoms. The minimum Gasteiger partial charge on any atom is -0.478 e. The Labute approximate surface area is 107 Å². The number of amides is 1. The van der Waals surface area contributed by atoms with Gasteiger partial charge in [-0.05, 0) is 24.7 Å². The number of carbonyl (C=O) groups is 2. The Balaban J connectivity index is 3.95. The number of hydrogen-bond acceptors (Lipinski definition) is 4. The van der Waals surface area contributed by atoms with Gasteiger partial charge in [-0.15, -0.1) is 6.58 Å². The van der Waals surface area contributed by atoms with Gasteiger partial charge in [0.25, 0.3) is 0 Å². The molecule has 0 radical (unpaired) electrons. The van der Waals surface area contributed by atoms with E-state index in [1.807, 2.05) is 19.9 Å². The molecule has 0 aliphatic rings. The zero-order chi connectivity index (χ0) is 14.2. The number of aliphatic carboxylic acids is 1. The highest BCUT2D eigenvalue weighted by molar-refractivity contribution is 5.78. The highest BCUT2D eigenvalue weighted by atomic mass is 16.6. The van der Waals surface area contributed by atoms with Crippen molar-refractivity contribution in [2.45, 2.75) is 39.3 Å². The molecular formula is C12H21NO5. The second-order valence-electron chi connectivity index (χ2n) is 4.81. The first-order valence-electron chi connectivity index (χ1n) is 5.73. The lowest BCUT2D eigenvalue weighted by atomic mass is 9.88. The number of unbranched alkanes of at least 4 members (excludes halogenated alkanes) is 1. The number of nitrogens with one attached hydrogen (secondary N) is 1. The van der Waals surface area contributed by atoms with Crippen LogP contribution >= 0.6 is 0 Å². The maximum absolute atomic E-state index is 11.2. The molecular weight excluding hydrogens is 238 g/mol. The van der Waals surface area contributed by atoms with Crippen molar-refractivity contribution in [3.8, 4) is 0 Å². The molecule has 1 atom stereocenters. The number of aliphatic hydroxyl groups excluding tert-OH is 1. The van der Waals surface area contributed by atoms with Crippen molar-refractivity contribution in [2.24, 2.45) is 5.41 Å². The van der Waals surface area contributed by atoms with E-state index in [1.54, 1.807) is 5.32 Å². The van der Waals surface area contributed by atoms with Gasteiger partial charge in [-0.3, -0.25) is 5.32 Å². The fourth-order valence-corrected chi connectivity index (χ4v) is 1.27. The molecule has 0 saturated carbocycles. The number of hydrogen-bond donors (Lipinski definition) is 3. The maximum Gasteiger partial charge on any atom is 0.409 e. The number of allylic oxidation sites excluding steroid dienone is 1. The largest absolute Gasteiger partial charge is 0.478 e. The van der Waals surface area contributed by atoms with Crippen LogP contribution in [0, 0.1) is 5.41 Å². The summed E-state index contributed by atoms with van der Waals surface area (Å²) in [6.07, 6.45) is 1.64. The Morgan fingerprint density at radius 1 is 1.50 bits per heavy atom. The SMILES string of the molecule is C=CCCCC(C)(C)COC(=O)N[C@@H](O)C(=O)O. The molecule has 0 bridgehead atoms. The quantitative estimate of drug-likeness (QED) is 0.349. The molecule has 18 heavy (non-hydrogen) atoms. The van der Waals surface area contributed by atoms with Crippen molar-refractivity contribution in [3.05, 3.63) is 12.7 Å². The van der Waals surface area contributed by atoms with E-state index < -0.39 is 18.3 Å². The standard InChI is InChI=1S/C12H21NO5/c1-4-5-6-7-12(2,3)8-18-11(17)13-9(14)10(15)16/h4,9,14H,1,5-8H2,2-3H3,(H,13,17)(H,15,16)/t9-/m0/s1. The predicted octanol–water partition coefficient (Wildman–Crippen LogP) is 1.50. The van der Waals surface area contributed by atoms with Gasteiger partial charge in [0.15, 0.2) is 0 Å². The molecule has 0 unspecified atom stereocenters. The van der Waals surface area contributed by atoms with E-state index in [0.29, 0.717) is 0 Å². The van der Waals surface area contributed by atoms with Gasteiger partial charge >= 0.3 is 12.1 Å². The highest BCUT2D eigenvalue weighted by Crippen LogP contribution is 2.23. The number of carboxylic acid groups (broad SMARTS) is 1. The molecule has 0 heterocycles. The fraction of sp³-hybridized carbons (Fsp3) is 0.667. The van der Waals surface area contributed by atoms with E-state index >= 15 is 0 Å². The summed E-state index contributed by atoms with van der Waals surface area (Å²) in [4.78, 5) is 21.4. The summed E-state index contributed by atoms with van der Waals surface area (Å²) >= 11 is 0. The van der Waals surface area contributed by atoms with E-state index in [4.69, 9.17) is 14.9 Å². The first kappa shape index (κ1) is 16.4. The van der Waals surface area contributed by atoms with Crippen LogP contribution in [0.1, 0.15) is 33.1 Å². The van der Waals surface area contributed by atoms with E-state index in [-0.39, 0.29) is 12.0 Å². The van der Waals surface area contributed by atoms with Crippen molar-refractivity contribution in [1.29, 1.82) is 0 Å². The van der Waals surface area contributed by atoms with Crippen molar-refractivity contribution < 1.29 is 24.5 Å². The minimum atomic E-state index is -1.94. The number of carbonyl (C=O) groups excluding carboxylic acids is 1. The normalized spacial score (nSPS) is 12.6.